The van der Waals surface area contributed by atoms with Crippen LogP contribution in [0.3, 0.4) is 0 Å². The number of nitrogens with zero attached hydrogens (tertiary/aromatic N) is 4. The van der Waals surface area contributed by atoms with Crippen LogP contribution in [-0.4, -0.2) is 31.7 Å². The Kier molecular flexibility index (Phi) is 8.87. The molecular weight excluding hydrogens is 500 g/mol. The molecule has 0 saturated heterocycles. The summed E-state index contributed by atoms with van der Waals surface area (Å²) in [6, 6.07) is 9.37. The average molecular weight is 537 g/mol. The van der Waals surface area contributed by atoms with Crippen molar-refractivity contribution in [1.29, 1.82) is 0 Å². The predicted molar refractivity (Wildman–Crippen MR) is 150 cm³/mol. The second-order valence-corrected chi connectivity index (χ2v) is 10.8. The number of carbonyl (C=O) groups is 2. The van der Waals surface area contributed by atoms with Gasteiger partial charge in [-0.15, -0.1) is 12.4 Å². The third-order valence-corrected chi connectivity index (χ3v) is 7.88. The van der Waals surface area contributed by atoms with E-state index in [2.05, 4.69) is 23.9 Å². The van der Waals surface area contributed by atoms with E-state index < -0.39 is 0 Å². The summed E-state index contributed by atoms with van der Waals surface area (Å²) in [7, 11) is 0. The lowest BCUT2D eigenvalue weighted by Gasteiger charge is -2.31. The fourth-order valence-electron chi connectivity index (χ4n) is 5.75. The van der Waals surface area contributed by atoms with E-state index in [1.807, 2.05) is 24.3 Å². The first kappa shape index (κ1) is 27.8. The van der Waals surface area contributed by atoms with Crippen molar-refractivity contribution in [3.8, 4) is 5.75 Å². The van der Waals surface area contributed by atoms with Crippen molar-refractivity contribution in [2.45, 2.75) is 83.6 Å². The molecule has 7 nitrogen and oxygen atoms in total. The maximum absolute atomic E-state index is 14.1. The first-order chi connectivity index (χ1) is 17.9. The highest BCUT2D eigenvalue weighted by molar-refractivity contribution is 5.98. The van der Waals surface area contributed by atoms with E-state index >= 15 is 0 Å². The highest BCUT2D eigenvalue weighted by Crippen LogP contribution is 2.38. The Labute approximate surface area is 230 Å². The summed E-state index contributed by atoms with van der Waals surface area (Å²) < 4.78 is 1.46. The highest BCUT2D eigenvalue weighted by Gasteiger charge is 2.32. The fourth-order valence-corrected chi connectivity index (χ4v) is 5.75. The van der Waals surface area contributed by atoms with Crippen LogP contribution in [0, 0.1) is 5.92 Å². The summed E-state index contributed by atoms with van der Waals surface area (Å²) in [6.07, 6.45) is 12.8. The van der Waals surface area contributed by atoms with Gasteiger partial charge in [-0.05, 0) is 67.3 Å². The van der Waals surface area contributed by atoms with Gasteiger partial charge in [0.1, 0.15) is 5.75 Å². The molecule has 1 atom stereocenters. The van der Waals surface area contributed by atoms with Gasteiger partial charge in [-0.3, -0.25) is 14.6 Å². The molecule has 0 spiro atoms. The molecule has 2 heterocycles. The fraction of sp³-hybridized carbons (Fsp3) is 0.467. The van der Waals surface area contributed by atoms with Crippen molar-refractivity contribution in [3.05, 3.63) is 71.3 Å². The number of pyridine rings is 1. The van der Waals surface area contributed by atoms with Gasteiger partial charge in [0, 0.05) is 23.4 Å². The molecule has 0 aliphatic heterocycles. The van der Waals surface area contributed by atoms with Crippen molar-refractivity contribution in [3.63, 3.8) is 0 Å². The lowest BCUT2D eigenvalue weighted by molar-refractivity contribution is -0.120. The number of hydrogen-bond acceptors (Lipinski definition) is 5. The molecular formula is C30H37ClN4O3. The Balaban J connectivity index is 0.00000336. The number of benzene rings is 1. The number of aromatic hydroxyl groups is 1. The van der Waals surface area contributed by atoms with Gasteiger partial charge in [-0.25, -0.2) is 4.68 Å². The summed E-state index contributed by atoms with van der Waals surface area (Å²) in [5.41, 5.74) is 4.25. The zero-order valence-electron chi connectivity index (χ0n) is 22.2. The first-order valence-corrected chi connectivity index (χ1v) is 13.6. The minimum Gasteiger partial charge on any atom is -0.508 e. The van der Waals surface area contributed by atoms with Crippen molar-refractivity contribution in [2.24, 2.45) is 5.92 Å². The van der Waals surface area contributed by atoms with Crippen molar-refractivity contribution in [1.82, 2.24) is 14.8 Å². The smallest absolute Gasteiger partial charge is 0.249 e. The molecule has 5 rings (SSSR count). The zero-order valence-corrected chi connectivity index (χ0v) is 23.0. The first-order valence-electron chi connectivity index (χ1n) is 13.6. The van der Waals surface area contributed by atoms with Gasteiger partial charge in [0.2, 0.25) is 11.8 Å². The van der Waals surface area contributed by atoms with Gasteiger partial charge in [-0.2, -0.15) is 5.10 Å². The second kappa shape index (κ2) is 12.1. The summed E-state index contributed by atoms with van der Waals surface area (Å²) in [6.45, 7) is 4.48. The number of anilines is 1. The van der Waals surface area contributed by atoms with Crippen molar-refractivity contribution in [2.75, 3.05) is 4.90 Å². The van der Waals surface area contributed by atoms with Gasteiger partial charge in [0.15, 0.2) is 0 Å². The van der Waals surface area contributed by atoms with Crippen LogP contribution in [0.2, 0.25) is 0 Å². The molecule has 1 aromatic carbocycles. The largest absolute Gasteiger partial charge is 0.508 e. The quantitative estimate of drug-likeness (QED) is 0.393. The number of phenols is 1. The van der Waals surface area contributed by atoms with Crippen molar-refractivity contribution < 1.29 is 14.7 Å². The SMILES string of the molecule is CC(C)c1ccc(N(Cc2cnn(C(=O)C3CCCCC3)c2)C(=O)C2CCCc3c(O)cccc32)cn1.Cl. The molecule has 202 valence electrons. The van der Waals surface area contributed by atoms with E-state index in [1.165, 1.54) is 11.1 Å². The summed E-state index contributed by atoms with van der Waals surface area (Å²) in [4.78, 5) is 33.5. The standard InChI is InChI=1S/C30H36N4O3.ClH/c1-20(2)27-15-14-23(17-31-27)33(30(37)26-12-6-11-25-24(26)10-7-13-28(25)35)18-21-16-32-34(19-21)29(36)22-8-4-3-5-9-22;/h7,10,13-17,19-20,22,26,35H,3-6,8-9,11-12,18H2,1-2H3;1H. The highest BCUT2D eigenvalue weighted by atomic mass is 35.5. The van der Waals surface area contributed by atoms with Gasteiger partial charge < -0.3 is 10.0 Å². The number of halogens is 1. The topological polar surface area (TPSA) is 88.3 Å². The minimum absolute atomic E-state index is 0. The maximum Gasteiger partial charge on any atom is 0.249 e. The predicted octanol–water partition coefficient (Wildman–Crippen LogP) is 6.40. The maximum atomic E-state index is 14.1. The summed E-state index contributed by atoms with van der Waals surface area (Å²) in [5.74, 6) is 0.237. The Bertz CT molecular complexity index is 1260. The molecule has 8 heteroatoms. The van der Waals surface area contributed by atoms with Gasteiger partial charge >= 0.3 is 0 Å². The Morgan fingerprint density at radius 3 is 2.55 bits per heavy atom. The number of amides is 1. The monoisotopic (exact) mass is 536 g/mol. The van der Waals surface area contributed by atoms with E-state index in [0.717, 1.165) is 67.3 Å². The molecule has 3 aromatic rings. The van der Waals surface area contributed by atoms with E-state index in [-0.39, 0.29) is 47.7 Å². The zero-order chi connectivity index (χ0) is 25.9. The Morgan fingerprint density at radius 1 is 1.05 bits per heavy atom. The molecule has 1 amide bonds. The Hall–Kier alpha value is -3.19. The van der Waals surface area contributed by atoms with E-state index in [1.54, 1.807) is 29.6 Å². The van der Waals surface area contributed by atoms with Crippen LogP contribution in [-0.2, 0) is 17.8 Å². The molecule has 1 fully saturated rings. The molecule has 1 unspecified atom stereocenters. The molecule has 0 bridgehead atoms. The van der Waals surface area contributed by atoms with Crippen LogP contribution >= 0.6 is 12.4 Å². The second-order valence-electron chi connectivity index (χ2n) is 10.8. The van der Waals surface area contributed by atoms with E-state index in [0.29, 0.717) is 12.2 Å². The van der Waals surface area contributed by atoms with E-state index in [9.17, 15) is 14.7 Å². The van der Waals surface area contributed by atoms with Gasteiger partial charge in [0.25, 0.3) is 0 Å². The molecule has 2 aliphatic rings. The lowest BCUT2D eigenvalue weighted by atomic mass is 9.81. The van der Waals surface area contributed by atoms with Crippen LogP contribution in [0.25, 0.3) is 0 Å². The number of aromatic nitrogens is 3. The molecule has 38 heavy (non-hydrogen) atoms. The number of phenolic OH excluding ortho intramolecular Hbond substituents is 1. The average Bonchev–Trinajstić information content (AvgIpc) is 3.40. The normalized spacial score (nSPS) is 17.5. The molecule has 0 radical (unpaired) electrons. The summed E-state index contributed by atoms with van der Waals surface area (Å²) in [5, 5.41) is 14.8. The van der Waals surface area contributed by atoms with Crippen LogP contribution in [0.5, 0.6) is 5.75 Å². The van der Waals surface area contributed by atoms with Gasteiger partial charge in [0.05, 0.1) is 30.5 Å². The number of rotatable bonds is 6. The van der Waals surface area contributed by atoms with Crippen molar-refractivity contribution >= 4 is 29.9 Å². The lowest BCUT2D eigenvalue weighted by Crippen LogP contribution is -2.36. The van der Waals surface area contributed by atoms with Gasteiger partial charge in [-0.1, -0.05) is 45.2 Å². The third-order valence-electron chi connectivity index (χ3n) is 7.88. The molecule has 1 saturated carbocycles. The van der Waals surface area contributed by atoms with Crippen LogP contribution in [0.15, 0.2) is 48.9 Å². The van der Waals surface area contributed by atoms with E-state index in [4.69, 9.17) is 0 Å². The number of carbonyl (C=O) groups excluding carboxylic acids is 2. The number of hydrogen-bond donors (Lipinski definition) is 1. The number of fused-ring (bicyclic) bond motifs is 1. The molecule has 2 aromatic heterocycles. The van der Waals surface area contributed by atoms with Crippen LogP contribution in [0.1, 0.15) is 97.8 Å². The Morgan fingerprint density at radius 2 is 1.84 bits per heavy atom. The third kappa shape index (κ3) is 5.78. The summed E-state index contributed by atoms with van der Waals surface area (Å²) >= 11 is 0. The van der Waals surface area contributed by atoms with Crippen LogP contribution < -0.4 is 4.90 Å². The molecule has 1 N–H and O–H groups in total. The van der Waals surface area contributed by atoms with Crippen LogP contribution in [0.4, 0.5) is 5.69 Å². The molecule has 2 aliphatic carbocycles. The minimum atomic E-state index is -0.348.